The lowest BCUT2D eigenvalue weighted by atomic mass is 10.1. The number of methoxy groups -OCH3 is 3. The van der Waals surface area contributed by atoms with E-state index in [2.05, 4.69) is 10.5 Å². The Bertz CT molecular complexity index is 1220. The maximum Gasteiger partial charge on any atom is 0.343 e. The highest BCUT2D eigenvalue weighted by Crippen LogP contribution is 2.38. The number of hydrazone groups is 1. The van der Waals surface area contributed by atoms with Gasteiger partial charge in [0.05, 0.1) is 33.1 Å². The van der Waals surface area contributed by atoms with E-state index in [-0.39, 0.29) is 5.56 Å². The van der Waals surface area contributed by atoms with Crippen LogP contribution in [0.3, 0.4) is 0 Å². The third kappa shape index (κ3) is 5.85. The zero-order valence-electron chi connectivity index (χ0n) is 19.0. The lowest BCUT2D eigenvalue weighted by molar-refractivity contribution is 0.0733. The zero-order chi connectivity index (χ0) is 24.7. The summed E-state index contributed by atoms with van der Waals surface area (Å²) in [4.78, 5) is 24.9. The van der Waals surface area contributed by atoms with Crippen LogP contribution in [0.5, 0.6) is 23.0 Å². The van der Waals surface area contributed by atoms with Crippen LogP contribution in [0.2, 0.25) is 5.02 Å². The van der Waals surface area contributed by atoms with Gasteiger partial charge in [-0.1, -0.05) is 29.8 Å². The third-order valence-corrected chi connectivity index (χ3v) is 5.19. The smallest absolute Gasteiger partial charge is 0.343 e. The summed E-state index contributed by atoms with van der Waals surface area (Å²) in [7, 11) is 4.40. The van der Waals surface area contributed by atoms with E-state index in [4.69, 9.17) is 30.5 Å². The summed E-state index contributed by atoms with van der Waals surface area (Å²) in [6.45, 7) is 1.85. The van der Waals surface area contributed by atoms with Crippen LogP contribution in [0.1, 0.15) is 31.8 Å². The number of hydrogen-bond acceptors (Lipinski definition) is 7. The van der Waals surface area contributed by atoms with Gasteiger partial charge in [-0.05, 0) is 54.4 Å². The predicted octanol–water partition coefficient (Wildman–Crippen LogP) is 4.66. The molecule has 0 radical (unpaired) electrons. The monoisotopic (exact) mass is 482 g/mol. The Labute approximate surface area is 202 Å². The Balaban J connectivity index is 1.70. The summed E-state index contributed by atoms with van der Waals surface area (Å²) in [6, 6.07) is 14.7. The van der Waals surface area contributed by atoms with Gasteiger partial charge in [0.1, 0.15) is 5.75 Å². The average Bonchev–Trinajstić information content (AvgIpc) is 2.84. The van der Waals surface area contributed by atoms with Crippen LogP contribution in [0.25, 0.3) is 0 Å². The molecule has 0 atom stereocenters. The second-order valence-corrected chi connectivity index (χ2v) is 7.45. The highest BCUT2D eigenvalue weighted by Gasteiger charge is 2.18. The summed E-state index contributed by atoms with van der Waals surface area (Å²) < 4.78 is 21.3. The zero-order valence-corrected chi connectivity index (χ0v) is 19.8. The number of nitrogens with zero attached hydrogens (tertiary/aromatic N) is 1. The van der Waals surface area contributed by atoms with Crippen molar-refractivity contribution in [3.8, 4) is 23.0 Å². The summed E-state index contributed by atoms with van der Waals surface area (Å²) >= 11 is 6.06. The standard InChI is InChI=1S/C25H23ClN2O6/c1-15-8-9-17(11-20(15)26)24(29)28-27-14-16-6-5-7-19(10-16)34-25(30)18-12-21(31-2)23(33-4)22(13-18)32-3/h5-14H,1-4H3,(H,28,29)/b27-14-. The molecule has 0 saturated carbocycles. The molecule has 0 aliphatic carbocycles. The number of hydrogen-bond donors (Lipinski definition) is 1. The van der Waals surface area contributed by atoms with E-state index in [1.807, 2.05) is 6.92 Å². The SMILES string of the molecule is COc1cc(C(=O)Oc2cccc(/C=N\NC(=O)c3ccc(C)c(Cl)c3)c2)cc(OC)c1OC. The van der Waals surface area contributed by atoms with Crippen LogP contribution in [0, 0.1) is 6.92 Å². The lowest BCUT2D eigenvalue weighted by Crippen LogP contribution is -2.17. The Morgan fingerprint density at radius 2 is 1.62 bits per heavy atom. The van der Waals surface area contributed by atoms with E-state index in [1.54, 1.807) is 42.5 Å². The Hall–Kier alpha value is -4.04. The Morgan fingerprint density at radius 1 is 0.912 bits per heavy atom. The minimum Gasteiger partial charge on any atom is -0.493 e. The van der Waals surface area contributed by atoms with Gasteiger partial charge in [0.25, 0.3) is 5.91 Å². The fourth-order valence-electron chi connectivity index (χ4n) is 2.99. The van der Waals surface area contributed by atoms with Crippen molar-refractivity contribution < 1.29 is 28.5 Å². The summed E-state index contributed by atoms with van der Waals surface area (Å²) in [6.07, 6.45) is 1.43. The van der Waals surface area contributed by atoms with Gasteiger partial charge in [-0.15, -0.1) is 0 Å². The second-order valence-electron chi connectivity index (χ2n) is 7.04. The van der Waals surface area contributed by atoms with E-state index in [1.165, 1.54) is 39.7 Å². The molecule has 1 N–H and O–H groups in total. The molecule has 1 amide bonds. The molecule has 8 nitrogen and oxygen atoms in total. The number of rotatable bonds is 8. The third-order valence-electron chi connectivity index (χ3n) is 4.78. The molecule has 0 saturated heterocycles. The number of esters is 1. The first-order chi connectivity index (χ1) is 16.4. The normalized spacial score (nSPS) is 10.6. The van der Waals surface area contributed by atoms with Crippen LogP contribution >= 0.6 is 11.6 Å². The topological polar surface area (TPSA) is 95.5 Å². The number of halogens is 1. The van der Waals surface area contributed by atoms with Crippen molar-refractivity contribution in [1.82, 2.24) is 5.43 Å². The van der Waals surface area contributed by atoms with Crippen molar-refractivity contribution in [2.75, 3.05) is 21.3 Å². The van der Waals surface area contributed by atoms with Crippen LogP contribution in [0.15, 0.2) is 59.7 Å². The number of aryl methyl sites for hydroxylation is 1. The van der Waals surface area contributed by atoms with Gasteiger partial charge in [0.2, 0.25) is 5.75 Å². The quantitative estimate of drug-likeness (QED) is 0.217. The molecule has 0 heterocycles. The first-order valence-electron chi connectivity index (χ1n) is 10.1. The first-order valence-corrected chi connectivity index (χ1v) is 10.5. The van der Waals surface area contributed by atoms with Gasteiger partial charge >= 0.3 is 5.97 Å². The number of amides is 1. The van der Waals surface area contributed by atoms with E-state index in [0.29, 0.717) is 39.1 Å². The van der Waals surface area contributed by atoms with Crippen molar-refractivity contribution in [2.24, 2.45) is 5.10 Å². The van der Waals surface area contributed by atoms with Gasteiger partial charge in [0, 0.05) is 10.6 Å². The molecule has 176 valence electrons. The number of benzene rings is 3. The summed E-state index contributed by atoms with van der Waals surface area (Å²) in [5, 5.41) is 4.46. The van der Waals surface area contributed by atoms with Crippen molar-refractivity contribution in [3.63, 3.8) is 0 Å². The molecular weight excluding hydrogens is 460 g/mol. The van der Waals surface area contributed by atoms with Gasteiger partial charge in [-0.2, -0.15) is 5.10 Å². The molecule has 34 heavy (non-hydrogen) atoms. The minimum atomic E-state index is -0.613. The van der Waals surface area contributed by atoms with Crippen molar-refractivity contribution in [3.05, 3.63) is 81.9 Å². The Morgan fingerprint density at radius 3 is 2.24 bits per heavy atom. The molecule has 0 bridgehead atoms. The fourth-order valence-corrected chi connectivity index (χ4v) is 3.17. The van der Waals surface area contributed by atoms with Crippen molar-refractivity contribution in [1.29, 1.82) is 0 Å². The summed E-state index contributed by atoms with van der Waals surface area (Å²) in [5.74, 6) is 0.315. The molecule has 0 fully saturated rings. The van der Waals surface area contributed by atoms with Crippen LogP contribution < -0.4 is 24.4 Å². The Kier molecular flexibility index (Phi) is 8.10. The fraction of sp³-hybridized carbons (Fsp3) is 0.160. The van der Waals surface area contributed by atoms with Crippen LogP contribution in [-0.2, 0) is 0 Å². The van der Waals surface area contributed by atoms with Crippen LogP contribution in [0.4, 0.5) is 0 Å². The van der Waals surface area contributed by atoms with Gasteiger partial charge in [-0.3, -0.25) is 4.79 Å². The number of carbonyl (C=O) groups excluding carboxylic acids is 2. The van der Waals surface area contributed by atoms with Crippen molar-refractivity contribution in [2.45, 2.75) is 6.92 Å². The van der Waals surface area contributed by atoms with E-state index < -0.39 is 11.9 Å². The first kappa shape index (κ1) is 24.6. The maximum atomic E-state index is 12.7. The maximum absolute atomic E-state index is 12.7. The van der Waals surface area contributed by atoms with Gasteiger partial charge in [-0.25, -0.2) is 10.2 Å². The number of carbonyl (C=O) groups is 2. The molecule has 3 rings (SSSR count). The largest absolute Gasteiger partial charge is 0.493 e. The molecule has 0 spiro atoms. The molecule has 0 aliphatic rings. The highest BCUT2D eigenvalue weighted by molar-refractivity contribution is 6.31. The van der Waals surface area contributed by atoms with E-state index >= 15 is 0 Å². The molecule has 0 aromatic heterocycles. The van der Waals surface area contributed by atoms with Crippen molar-refractivity contribution >= 4 is 29.7 Å². The molecule has 0 unspecified atom stereocenters. The van der Waals surface area contributed by atoms with E-state index in [0.717, 1.165) is 5.56 Å². The van der Waals surface area contributed by atoms with Gasteiger partial charge in [0.15, 0.2) is 11.5 Å². The number of ether oxygens (including phenoxy) is 4. The molecule has 3 aromatic rings. The summed E-state index contributed by atoms with van der Waals surface area (Å²) in [5.41, 5.74) is 4.53. The lowest BCUT2D eigenvalue weighted by Gasteiger charge is -2.13. The highest BCUT2D eigenvalue weighted by atomic mass is 35.5. The predicted molar refractivity (Wildman–Crippen MR) is 129 cm³/mol. The average molecular weight is 483 g/mol. The van der Waals surface area contributed by atoms with E-state index in [9.17, 15) is 9.59 Å². The minimum absolute atomic E-state index is 0.220. The molecule has 3 aromatic carbocycles. The second kappa shape index (κ2) is 11.2. The van der Waals surface area contributed by atoms with Gasteiger partial charge < -0.3 is 18.9 Å². The molecular formula is C25H23ClN2O6. The molecule has 9 heteroatoms. The van der Waals surface area contributed by atoms with Crippen LogP contribution in [-0.4, -0.2) is 39.4 Å². The molecule has 0 aliphatic heterocycles. The number of nitrogens with one attached hydrogen (secondary N) is 1.